The maximum Gasteiger partial charge on any atom is 0.243 e. The summed E-state index contributed by atoms with van der Waals surface area (Å²) in [5.41, 5.74) is 8.10. The van der Waals surface area contributed by atoms with Crippen molar-refractivity contribution in [2.75, 3.05) is 6.54 Å². The van der Waals surface area contributed by atoms with Crippen molar-refractivity contribution in [3.63, 3.8) is 0 Å². The average Bonchev–Trinajstić information content (AvgIpc) is 3.22. The molecule has 0 bridgehead atoms. The first kappa shape index (κ1) is 20.2. The number of benzene rings is 1. The number of rotatable bonds is 4. The molecule has 1 saturated carbocycles. The molecule has 0 radical (unpaired) electrons. The Balaban J connectivity index is 1.33. The predicted molar refractivity (Wildman–Crippen MR) is 118 cm³/mol. The van der Waals surface area contributed by atoms with Crippen LogP contribution in [-0.4, -0.2) is 43.1 Å². The second-order valence-electron chi connectivity index (χ2n) is 8.49. The molecule has 7 nitrogen and oxygen atoms in total. The zero-order valence-corrected chi connectivity index (χ0v) is 18.0. The number of hydrogen-bond acceptors (Lipinski definition) is 5. The monoisotopic (exact) mass is 436 g/mol. The third-order valence-electron chi connectivity index (χ3n) is 6.83. The van der Waals surface area contributed by atoms with Crippen LogP contribution in [0.5, 0.6) is 0 Å². The molecule has 0 unspecified atom stereocenters. The lowest BCUT2D eigenvalue weighted by Gasteiger charge is -2.44. The lowest BCUT2D eigenvalue weighted by Crippen LogP contribution is -2.50. The first-order valence-corrected chi connectivity index (χ1v) is 11.1. The van der Waals surface area contributed by atoms with Crippen molar-refractivity contribution in [2.24, 2.45) is 5.73 Å². The SMILES string of the molecule is NCC1(c2cccc(Cl)c2)CCC(N2Cc3nnc(-c4ccccn4)n3CC2=O)CC1. The predicted octanol–water partition coefficient (Wildman–Crippen LogP) is 3.18. The second kappa shape index (κ2) is 8.05. The second-order valence-corrected chi connectivity index (χ2v) is 8.93. The summed E-state index contributed by atoms with van der Waals surface area (Å²) in [7, 11) is 0. The van der Waals surface area contributed by atoms with E-state index >= 15 is 0 Å². The molecule has 31 heavy (non-hydrogen) atoms. The Hall–Kier alpha value is -2.77. The molecule has 0 spiro atoms. The molecule has 3 heterocycles. The van der Waals surface area contributed by atoms with E-state index in [1.807, 2.05) is 45.9 Å². The summed E-state index contributed by atoms with van der Waals surface area (Å²) in [6, 6.07) is 13.9. The molecule has 8 heteroatoms. The van der Waals surface area contributed by atoms with Gasteiger partial charge in [0.25, 0.3) is 0 Å². The van der Waals surface area contributed by atoms with Gasteiger partial charge in [-0.05, 0) is 55.5 Å². The fraction of sp³-hybridized carbons (Fsp3) is 0.391. The Kier molecular flexibility index (Phi) is 5.24. The maximum atomic E-state index is 13.1. The summed E-state index contributed by atoms with van der Waals surface area (Å²) in [6.07, 6.45) is 5.42. The van der Waals surface area contributed by atoms with Crippen LogP contribution in [0.1, 0.15) is 37.1 Å². The fourth-order valence-electron chi connectivity index (χ4n) is 5.00. The maximum absolute atomic E-state index is 13.1. The molecule has 5 rings (SSSR count). The normalized spacial score (nSPS) is 23.6. The highest BCUT2D eigenvalue weighted by atomic mass is 35.5. The van der Waals surface area contributed by atoms with Crippen molar-refractivity contribution >= 4 is 17.5 Å². The van der Waals surface area contributed by atoms with Crippen LogP contribution in [0, 0.1) is 0 Å². The van der Waals surface area contributed by atoms with E-state index in [1.54, 1.807) is 6.20 Å². The third kappa shape index (κ3) is 3.62. The Morgan fingerprint density at radius 1 is 1.10 bits per heavy atom. The lowest BCUT2D eigenvalue weighted by atomic mass is 9.68. The van der Waals surface area contributed by atoms with Gasteiger partial charge in [0.15, 0.2) is 11.6 Å². The molecule has 2 aliphatic rings. The number of pyridine rings is 1. The van der Waals surface area contributed by atoms with E-state index in [4.69, 9.17) is 17.3 Å². The van der Waals surface area contributed by atoms with Gasteiger partial charge >= 0.3 is 0 Å². The molecule has 1 fully saturated rings. The number of amides is 1. The van der Waals surface area contributed by atoms with Gasteiger partial charge in [0.1, 0.15) is 12.2 Å². The first-order chi connectivity index (χ1) is 15.1. The van der Waals surface area contributed by atoms with Crippen LogP contribution < -0.4 is 5.73 Å². The van der Waals surface area contributed by atoms with Crippen molar-refractivity contribution in [1.29, 1.82) is 0 Å². The van der Waals surface area contributed by atoms with E-state index in [-0.39, 0.29) is 23.9 Å². The van der Waals surface area contributed by atoms with Crippen LogP contribution >= 0.6 is 11.6 Å². The highest BCUT2D eigenvalue weighted by Gasteiger charge is 2.40. The number of nitrogens with zero attached hydrogens (tertiary/aromatic N) is 5. The van der Waals surface area contributed by atoms with Gasteiger partial charge in [-0.3, -0.25) is 14.3 Å². The highest BCUT2D eigenvalue weighted by molar-refractivity contribution is 6.30. The smallest absolute Gasteiger partial charge is 0.243 e. The number of hydrogen-bond donors (Lipinski definition) is 1. The van der Waals surface area contributed by atoms with Gasteiger partial charge in [0.05, 0.1) is 6.54 Å². The Morgan fingerprint density at radius 2 is 1.94 bits per heavy atom. The van der Waals surface area contributed by atoms with Crippen LogP contribution in [0.2, 0.25) is 5.02 Å². The van der Waals surface area contributed by atoms with E-state index in [0.717, 1.165) is 42.2 Å². The number of nitrogens with two attached hydrogens (primary N) is 1. The fourth-order valence-corrected chi connectivity index (χ4v) is 5.19. The van der Waals surface area contributed by atoms with Gasteiger partial charge in [0, 0.05) is 29.2 Å². The average molecular weight is 437 g/mol. The van der Waals surface area contributed by atoms with Crippen molar-refractivity contribution in [3.05, 3.63) is 65.1 Å². The van der Waals surface area contributed by atoms with Crippen molar-refractivity contribution in [2.45, 2.75) is 50.2 Å². The molecule has 0 saturated heterocycles. The molecular weight excluding hydrogens is 412 g/mol. The van der Waals surface area contributed by atoms with Crippen molar-refractivity contribution < 1.29 is 4.79 Å². The Labute approximate surface area is 186 Å². The first-order valence-electron chi connectivity index (χ1n) is 10.7. The number of fused-ring (bicyclic) bond motifs is 1. The van der Waals surface area contributed by atoms with Crippen LogP contribution in [0.15, 0.2) is 48.7 Å². The zero-order valence-electron chi connectivity index (χ0n) is 17.2. The lowest BCUT2D eigenvalue weighted by molar-refractivity contribution is -0.137. The Bertz CT molecular complexity index is 1090. The van der Waals surface area contributed by atoms with E-state index in [1.165, 1.54) is 5.56 Å². The summed E-state index contributed by atoms with van der Waals surface area (Å²) in [4.78, 5) is 19.4. The summed E-state index contributed by atoms with van der Waals surface area (Å²) in [5.74, 6) is 1.57. The van der Waals surface area contributed by atoms with E-state index < -0.39 is 0 Å². The van der Waals surface area contributed by atoms with Gasteiger partial charge in [-0.2, -0.15) is 0 Å². The molecule has 2 aromatic heterocycles. The number of halogens is 1. The summed E-state index contributed by atoms with van der Waals surface area (Å²) < 4.78 is 1.89. The number of carbonyl (C=O) groups excluding carboxylic acids is 1. The summed E-state index contributed by atoms with van der Waals surface area (Å²) in [6.45, 7) is 1.31. The summed E-state index contributed by atoms with van der Waals surface area (Å²) in [5, 5.41) is 9.41. The molecule has 1 aromatic carbocycles. The molecule has 160 valence electrons. The molecule has 0 atom stereocenters. The van der Waals surface area contributed by atoms with Crippen LogP contribution in [-0.2, 0) is 23.3 Å². The van der Waals surface area contributed by atoms with Gasteiger partial charge in [0.2, 0.25) is 5.91 Å². The molecular formula is C23H25ClN6O. The molecule has 1 aliphatic carbocycles. The van der Waals surface area contributed by atoms with Crippen LogP contribution in [0.3, 0.4) is 0 Å². The van der Waals surface area contributed by atoms with E-state index in [0.29, 0.717) is 18.9 Å². The number of aromatic nitrogens is 4. The van der Waals surface area contributed by atoms with Gasteiger partial charge in [-0.1, -0.05) is 29.8 Å². The van der Waals surface area contributed by atoms with Gasteiger partial charge < -0.3 is 10.6 Å². The van der Waals surface area contributed by atoms with Crippen LogP contribution in [0.4, 0.5) is 0 Å². The molecule has 1 aliphatic heterocycles. The van der Waals surface area contributed by atoms with Gasteiger partial charge in [-0.15, -0.1) is 10.2 Å². The highest BCUT2D eigenvalue weighted by Crippen LogP contribution is 2.41. The van der Waals surface area contributed by atoms with E-state index in [9.17, 15) is 4.79 Å². The minimum absolute atomic E-state index is 0.0770. The standard InChI is InChI=1S/C23H25ClN6O/c24-17-5-3-4-16(12-17)23(15-25)9-7-18(8-10-23)29-13-20-27-28-22(30(20)14-21(29)31)19-6-1-2-11-26-19/h1-6,11-12,18H,7-10,13-15,25H2. The zero-order chi connectivity index (χ0) is 21.4. The van der Waals surface area contributed by atoms with Crippen LogP contribution in [0.25, 0.3) is 11.5 Å². The van der Waals surface area contributed by atoms with Gasteiger partial charge in [-0.25, -0.2) is 0 Å². The summed E-state index contributed by atoms with van der Waals surface area (Å²) >= 11 is 6.23. The number of carbonyl (C=O) groups is 1. The molecule has 2 N–H and O–H groups in total. The van der Waals surface area contributed by atoms with Crippen molar-refractivity contribution in [3.8, 4) is 11.5 Å². The minimum atomic E-state index is -0.0770. The topological polar surface area (TPSA) is 89.9 Å². The molecule has 1 amide bonds. The van der Waals surface area contributed by atoms with Crippen molar-refractivity contribution in [1.82, 2.24) is 24.6 Å². The van der Waals surface area contributed by atoms with E-state index in [2.05, 4.69) is 21.2 Å². The molecule has 3 aromatic rings. The largest absolute Gasteiger partial charge is 0.331 e. The Morgan fingerprint density at radius 3 is 2.65 bits per heavy atom. The third-order valence-corrected chi connectivity index (χ3v) is 7.06. The minimum Gasteiger partial charge on any atom is -0.331 e. The quantitative estimate of drug-likeness (QED) is 0.678.